The number of benzene rings is 3. The van der Waals surface area contributed by atoms with E-state index in [1.165, 1.54) is 26.9 Å². The van der Waals surface area contributed by atoms with E-state index in [1.807, 2.05) is 58.9 Å². The number of phenolic OH excluding ortho intramolecular Hbond substituents is 1. The van der Waals surface area contributed by atoms with Crippen molar-refractivity contribution in [3.8, 4) is 5.75 Å². The Morgan fingerprint density at radius 2 is 1.66 bits per heavy atom. The van der Waals surface area contributed by atoms with Gasteiger partial charge in [-0.3, -0.25) is 0 Å². The minimum Gasteiger partial charge on any atom is -0.508 e. The molecule has 0 saturated carbocycles. The fourth-order valence-corrected chi connectivity index (χ4v) is 5.03. The van der Waals surface area contributed by atoms with Crippen LogP contribution in [0.5, 0.6) is 5.75 Å². The van der Waals surface area contributed by atoms with Gasteiger partial charge in [0.2, 0.25) is 0 Å². The van der Waals surface area contributed by atoms with E-state index in [2.05, 4.69) is 35.4 Å². The van der Waals surface area contributed by atoms with Crippen molar-refractivity contribution in [2.45, 2.75) is 64.9 Å². The van der Waals surface area contributed by atoms with Crippen molar-refractivity contribution in [1.82, 2.24) is 9.78 Å². The van der Waals surface area contributed by atoms with Crippen molar-refractivity contribution in [2.24, 2.45) is 0 Å². The molecule has 0 spiro atoms. The van der Waals surface area contributed by atoms with E-state index in [1.54, 1.807) is 18.3 Å². The summed E-state index contributed by atoms with van der Waals surface area (Å²) in [5.41, 5.74) is 5.14. The highest BCUT2D eigenvalue weighted by atomic mass is 16.6. The van der Waals surface area contributed by atoms with Crippen LogP contribution in [0.1, 0.15) is 75.1 Å². The summed E-state index contributed by atoms with van der Waals surface area (Å²) in [5, 5.41) is 15.2. The monoisotopic (exact) mass is 470 g/mol. The fraction of sp³-hybridized carbons (Fsp3) is 0.333. The van der Waals surface area contributed by atoms with E-state index >= 15 is 0 Å². The Bertz CT molecular complexity index is 1300. The molecule has 0 saturated heterocycles. The van der Waals surface area contributed by atoms with E-state index in [0.29, 0.717) is 5.92 Å². The van der Waals surface area contributed by atoms with Crippen molar-refractivity contribution in [1.29, 1.82) is 0 Å². The van der Waals surface area contributed by atoms with Gasteiger partial charge in [0.15, 0.2) is 0 Å². The lowest BCUT2D eigenvalue weighted by molar-refractivity contribution is 0.0522. The number of hydrogen-bond acceptors (Lipinski definition) is 4. The Labute approximate surface area is 207 Å². The van der Waals surface area contributed by atoms with Crippen LogP contribution in [0.25, 0.3) is 10.9 Å². The maximum Gasteiger partial charge on any atom is 0.435 e. The third-order valence-corrected chi connectivity index (χ3v) is 6.39. The van der Waals surface area contributed by atoms with Gasteiger partial charge in [-0.15, -0.1) is 0 Å². The Morgan fingerprint density at radius 1 is 0.971 bits per heavy atom. The van der Waals surface area contributed by atoms with E-state index in [-0.39, 0.29) is 11.7 Å². The summed E-state index contributed by atoms with van der Waals surface area (Å²) in [4.78, 5) is 12.7. The van der Waals surface area contributed by atoms with Gasteiger partial charge in [-0.25, -0.2) is 4.79 Å². The first-order valence-corrected chi connectivity index (χ1v) is 12.4. The van der Waals surface area contributed by atoms with Crippen LogP contribution >= 0.6 is 0 Å². The molecule has 35 heavy (non-hydrogen) atoms. The Kier molecular flexibility index (Phi) is 6.97. The molecule has 1 N–H and O–H groups in total. The Morgan fingerprint density at radius 3 is 2.31 bits per heavy atom. The van der Waals surface area contributed by atoms with Gasteiger partial charge in [0, 0.05) is 11.3 Å². The summed E-state index contributed by atoms with van der Waals surface area (Å²) in [7, 11) is 0. The average Bonchev–Trinajstić information content (AvgIpc) is 3.29. The van der Waals surface area contributed by atoms with E-state index in [0.717, 1.165) is 23.7 Å². The normalized spacial score (nSPS) is 17.3. The zero-order valence-corrected chi connectivity index (χ0v) is 21.2. The number of fused-ring (bicyclic) bond motifs is 3. The van der Waals surface area contributed by atoms with Crippen LogP contribution in [0.3, 0.4) is 0 Å². The summed E-state index contributed by atoms with van der Waals surface area (Å²) in [6.07, 6.45) is 3.21. The number of hydrogen-bond donors (Lipinski definition) is 1. The second-order valence-electron chi connectivity index (χ2n) is 9.73. The van der Waals surface area contributed by atoms with Crippen molar-refractivity contribution < 1.29 is 14.6 Å². The largest absolute Gasteiger partial charge is 0.508 e. The number of aromatic hydroxyl groups is 1. The lowest BCUT2D eigenvalue weighted by atomic mass is 9.69. The summed E-state index contributed by atoms with van der Waals surface area (Å²) >= 11 is 0. The molecule has 3 aromatic carbocycles. The first-order valence-electron chi connectivity index (χ1n) is 12.4. The summed E-state index contributed by atoms with van der Waals surface area (Å²) < 4.78 is 6.91. The third kappa shape index (κ3) is 4.95. The molecule has 2 unspecified atom stereocenters. The second kappa shape index (κ2) is 9.95. The quantitative estimate of drug-likeness (QED) is 0.331. The van der Waals surface area contributed by atoms with Crippen molar-refractivity contribution in [2.75, 3.05) is 0 Å². The first kappa shape index (κ1) is 24.5. The second-order valence-corrected chi connectivity index (χ2v) is 9.73. The van der Waals surface area contributed by atoms with Gasteiger partial charge in [-0.1, -0.05) is 62.4 Å². The minimum absolute atomic E-state index is 0.144. The molecule has 0 amide bonds. The third-order valence-electron chi connectivity index (χ3n) is 6.39. The van der Waals surface area contributed by atoms with Crippen LogP contribution in [-0.2, 0) is 11.2 Å². The summed E-state index contributed by atoms with van der Waals surface area (Å²) in [6, 6.07) is 22.3. The van der Waals surface area contributed by atoms with Crippen molar-refractivity contribution in [3.05, 3.63) is 95.2 Å². The SMILES string of the molecule is CC.CC(C)(C)OC(=O)n1ncc2c3c(ccc21)C(c1ccc(O)cc1)C(c1ccccc1)CC3. The van der Waals surface area contributed by atoms with Crippen LogP contribution in [0, 0.1) is 0 Å². The number of ether oxygens (including phenoxy) is 1. The van der Waals surface area contributed by atoms with Crippen LogP contribution in [0.2, 0.25) is 0 Å². The lowest BCUT2D eigenvalue weighted by Crippen LogP contribution is -2.27. The van der Waals surface area contributed by atoms with Gasteiger partial charge in [0.1, 0.15) is 11.4 Å². The molecule has 5 rings (SSSR count). The molecular formula is C30H34N2O3. The molecule has 0 aliphatic heterocycles. The fourth-order valence-electron chi connectivity index (χ4n) is 5.03. The van der Waals surface area contributed by atoms with Gasteiger partial charge >= 0.3 is 6.09 Å². The standard InChI is InChI=1S/C28H28N2O3.C2H6/c1-28(2,3)33-27(32)30-25-16-15-23-22(24(25)17-29-30)14-13-21(18-7-5-4-6-8-18)26(23)19-9-11-20(31)12-10-19;1-2/h4-12,15-17,21,26,31H,13-14H2,1-3H3;1-2H3. The highest BCUT2D eigenvalue weighted by Gasteiger charge is 2.33. The average molecular weight is 471 g/mol. The number of aryl methyl sites for hydroxylation is 1. The molecule has 5 heteroatoms. The van der Waals surface area contributed by atoms with E-state index in [9.17, 15) is 9.90 Å². The van der Waals surface area contributed by atoms with Gasteiger partial charge in [-0.05, 0) is 80.0 Å². The van der Waals surface area contributed by atoms with E-state index < -0.39 is 11.7 Å². The molecule has 5 nitrogen and oxygen atoms in total. The smallest absolute Gasteiger partial charge is 0.435 e. The van der Waals surface area contributed by atoms with Crippen LogP contribution in [0.15, 0.2) is 72.9 Å². The molecule has 1 heterocycles. The number of rotatable bonds is 2. The lowest BCUT2D eigenvalue weighted by Gasteiger charge is -2.35. The Hall–Kier alpha value is -3.60. The van der Waals surface area contributed by atoms with Crippen LogP contribution in [0.4, 0.5) is 4.79 Å². The number of carbonyl (C=O) groups is 1. The van der Waals surface area contributed by atoms with Gasteiger partial charge in [0.05, 0.1) is 11.7 Å². The zero-order valence-electron chi connectivity index (χ0n) is 21.2. The van der Waals surface area contributed by atoms with Crippen LogP contribution in [-0.4, -0.2) is 26.6 Å². The molecule has 1 aliphatic carbocycles. The molecule has 182 valence electrons. The number of aromatic nitrogens is 2. The molecule has 0 bridgehead atoms. The topological polar surface area (TPSA) is 64.4 Å². The van der Waals surface area contributed by atoms with E-state index in [4.69, 9.17) is 4.74 Å². The van der Waals surface area contributed by atoms with Crippen LogP contribution < -0.4 is 0 Å². The molecule has 4 aromatic rings. The molecule has 0 radical (unpaired) electrons. The zero-order chi connectivity index (χ0) is 25.2. The highest BCUT2D eigenvalue weighted by Crippen LogP contribution is 2.48. The number of carbonyl (C=O) groups excluding carboxylic acids is 1. The molecule has 2 atom stereocenters. The van der Waals surface area contributed by atoms with Gasteiger partial charge in [0.25, 0.3) is 0 Å². The van der Waals surface area contributed by atoms with Gasteiger partial charge in [-0.2, -0.15) is 9.78 Å². The first-order chi connectivity index (χ1) is 16.8. The summed E-state index contributed by atoms with van der Waals surface area (Å²) in [6.45, 7) is 9.55. The predicted molar refractivity (Wildman–Crippen MR) is 140 cm³/mol. The maximum atomic E-state index is 12.7. The van der Waals surface area contributed by atoms with Crippen molar-refractivity contribution in [3.63, 3.8) is 0 Å². The molecule has 0 fully saturated rings. The minimum atomic E-state index is -0.587. The molecular weight excluding hydrogens is 436 g/mol. The number of phenols is 1. The highest BCUT2D eigenvalue weighted by molar-refractivity contribution is 5.91. The van der Waals surface area contributed by atoms with Crippen molar-refractivity contribution >= 4 is 17.0 Å². The molecule has 1 aromatic heterocycles. The maximum absolute atomic E-state index is 12.7. The predicted octanol–water partition coefficient (Wildman–Crippen LogP) is 7.41. The number of nitrogens with zero attached hydrogens (tertiary/aromatic N) is 2. The summed E-state index contributed by atoms with van der Waals surface area (Å²) in [5.74, 6) is 0.729. The van der Waals surface area contributed by atoms with Gasteiger partial charge < -0.3 is 9.84 Å². The molecule has 1 aliphatic rings. The Balaban J connectivity index is 0.00000141.